The predicted octanol–water partition coefficient (Wildman–Crippen LogP) is 2.66. The molecule has 0 unspecified atom stereocenters. The summed E-state index contributed by atoms with van der Waals surface area (Å²) in [6.07, 6.45) is 1.42. The molecule has 26 heavy (non-hydrogen) atoms. The van der Waals surface area contributed by atoms with E-state index in [0.29, 0.717) is 11.3 Å². The Morgan fingerprint density at radius 2 is 1.92 bits per heavy atom. The van der Waals surface area contributed by atoms with E-state index < -0.39 is 10.8 Å². The molecule has 7 nitrogen and oxygen atoms in total. The zero-order valence-corrected chi connectivity index (χ0v) is 14.0. The van der Waals surface area contributed by atoms with Gasteiger partial charge in [-0.15, -0.1) is 0 Å². The van der Waals surface area contributed by atoms with E-state index in [9.17, 15) is 19.3 Å². The lowest BCUT2D eigenvalue weighted by molar-refractivity contribution is -0.384. The van der Waals surface area contributed by atoms with Crippen LogP contribution in [0.3, 0.4) is 0 Å². The van der Waals surface area contributed by atoms with Gasteiger partial charge in [-0.05, 0) is 42.1 Å². The SMILES string of the molecule is O=C1NC(=S)N/C1=C/c1cc([N+](=O)[O-])ccc1OCc1ccc(F)cc1. The average molecular weight is 373 g/mol. The zero-order chi connectivity index (χ0) is 18.7. The Morgan fingerprint density at radius 1 is 1.19 bits per heavy atom. The molecule has 2 aromatic rings. The van der Waals surface area contributed by atoms with Crippen molar-refractivity contribution in [1.29, 1.82) is 0 Å². The molecule has 132 valence electrons. The first-order valence-corrected chi connectivity index (χ1v) is 7.83. The summed E-state index contributed by atoms with van der Waals surface area (Å²) in [6, 6.07) is 9.81. The van der Waals surface area contributed by atoms with Crippen LogP contribution in [0.25, 0.3) is 6.08 Å². The first-order valence-electron chi connectivity index (χ1n) is 7.42. The molecule has 1 heterocycles. The van der Waals surface area contributed by atoms with Crippen LogP contribution in [0, 0.1) is 15.9 Å². The van der Waals surface area contributed by atoms with Crippen molar-refractivity contribution in [2.24, 2.45) is 0 Å². The lowest BCUT2D eigenvalue weighted by Gasteiger charge is -2.10. The van der Waals surface area contributed by atoms with Crippen LogP contribution in [0.15, 0.2) is 48.2 Å². The molecule has 1 fully saturated rings. The van der Waals surface area contributed by atoms with Crippen LogP contribution in [-0.4, -0.2) is 15.9 Å². The van der Waals surface area contributed by atoms with Crippen molar-refractivity contribution in [3.63, 3.8) is 0 Å². The van der Waals surface area contributed by atoms with Crippen LogP contribution >= 0.6 is 12.2 Å². The number of halogens is 1. The number of amides is 1. The lowest BCUT2D eigenvalue weighted by Crippen LogP contribution is -2.21. The molecule has 1 amide bonds. The summed E-state index contributed by atoms with van der Waals surface area (Å²) in [7, 11) is 0. The Labute approximate surface area is 152 Å². The Morgan fingerprint density at radius 3 is 2.54 bits per heavy atom. The fraction of sp³-hybridized carbons (Fsp3) is 0.0588. The molecule has 0 radical (unpaired) electrons. The van der Waals surface area contributed by atoms with Gasteiger partial charge in [-0.2, -0.15) is 0 Å². The molecule has 0 atom stereocenters. The van der Waals surface area contributed by atoms with E-state index in [1.807, 2.05) is 0 Å². The predicted molar refractivity (Wildman–Crippen MR) is 95.7 cm³/mol. The second-order valence-electron chi connectivity index (χ2n) is 5.36. The van der Waals surface area contributed by atoms with Crippen molar-refractivity contribution in [3.05, 3.63) is 75.2 Å². The summed E-state index contributed by atoms with van der Waals surface area (Å²) in [5, 5.41) is 16.3. The standard InChI is InChI=1S/C17H12FN3O4S/c18-12-3-1-10(2-4-12)9-25-15-6-5-13(21(23)24)7-11(15)8-14-16(22)20-17(26)19-14/h1-8H,9H2,(H2,19,20,22,26)/b14-8+. The van der Waals surface area contributed by atoms with Crippen LogP contribution in [0.4, 0.5) is 10.1 Å². The first-order chi connectivity index (χ1) is 12.4. The minimum Gasteiger partial charge on any atom is -0.488 e. The van der Waals surface area contributed by atoms with Crippen LogP contribution in [0.2, 0.25) is 0 Å². The number of nitro benzene ring substituents is 1. The highest BCUT2D eigenvalue weighted by Gasteiger charge is 2.21. The van der Waals surface area contributed by atoms with E-state index in [1.54, 1.807) is 12.1 Å². The number of carbonyl (C=O) groups excluding carboxylic acids is 1. The van der Waals surface area contributed by atoms with Gasteiger partial charge in [-0.25, -0.2) is 4.39 Å². The van der Waals surface area contributed by atoms with Gasteiger partial charge in [0.25, 0.3) is 11.6 Å². The van der Waals surface area contributed by atoms with Crippen LogP contribution in [0.1, 0.15) is 11.1 Å². The van der Waals surface area contributed by atoms with Gasteiger partial charge in [0.15, 0.2) is 5.11 Å². The second-order valence-corrected chi connectivity index (χ2v) is 5.77. The lowest BCUT2D eigenvalue weighted by atomic mass is 10.1. The molecule has 1 aliphatic rings. The third kappa shape index (κ3) is 4.01. The van der Waals surface area contributed by atoms with Crippen LogP contribution in [-0.2, 0) is 11.4 Å². The number of nitrogens with one attached hydrogen (secondary N) is 2. The number of rotatable bonds is 5. The van der Waals surface area contributed by atoms with Crippen molar-refractivity contribution in [2.45, 2.75) is 6.61 Å². The maximum atomic E-state index is 13.0. The molecule has 1 aliphatic heterocycles. The number of nitrogens with zero attached hydrogens (tertiary/aromatic N) is 1. The number of non-ortho nitro benzene ring substituents is 1. The Bertz CT molecular complexity index is 928. The van der Waals surface area contributed by atoms with Crippen LogP contribution < -0.4 is 15.4 Å². The monoisotopic (exact) mass is 373 g/mol. The molecule has 0 saturated carbocycles. The van der Waals surface area contributed by atoms with E-state index in [1.165, 1.54) is 36.4 Å². The molecule has 9 heteroatoms. The van der Waals surface area contributed by atoms with E-state index >= 15 is 0 Å². The number of thiocarbonyl (C=S) groups is 1. The van der Waals surface area contributed by atoms with Crippen molar-refractivity contribution in [3.8, 4) is 5.75 Å². The molecular weight excluding hydrogens is 361 g/mol. The Hall–Kier alpha value is -3.33. The van der Waals surface area contributed by atoms with Gasteiger partial charge in [-0.1, -0.05) is 12.1 Å². The Kier molecular flexibility index (Phi) is 4.90. The minimum atomic E-state index is -0.543. The molecule has 0 aliphatic carbocycles. The van der Waals surface area contributed by atoms with Crippen molar-refractivity contribution >= 4 is 35.0 Å². The topological polar surface area (TPSA) is 93.5 Å². The largest absolute Gasteiger partial charge is 0.488 e. The highest BCUT2D eigenvalue weighted by Crippen LogP contribution is 2.27. The summed E-state index contributed by atoms with van der Waals surface area (Å²) in [5.41, 5.74) is 1.07. The van der Waals surface area contributed by atoms with Crippen molar-refractivity contribution in [2.75, 3.05) is 0 Å². The van der Waals surface area contributed by atoms with Gasteiger partial charge < -0.3 is 10.1 Å². The van der Waals surface area contributed by atoms with Crippen LogP contribution in [0.5, 0.6) is 5.75 Å². The van der Waals surface area contributed by atoms with Crippen molar-refractivity contribution < 1.29 is 18.8 Å². The molecule has 2 N–H and O–H groups in total. The van der Waals surface area contributed by atoms with Gasteiger partial charge in [-0.3, -0.25) is 20.2 Å². The smallest absolute Gasteiger partial charge is 0.273 e. The molecule has 2 aromatic carbocycles. The highest BCUT2D eigenvalue weighted by atomic mass is 32.1. The molecule has 0 aromatic heterocycles. The van der Waals surface area contributed by atoms with Gasteiger partial charge >= 0.3 is 0 Å². The number of ether oxygens (including phenoxy) is 1. The van der Waals surface area contributed by atoms with E-state index in [-0.39, 0.29) is 28.9 Å². The van der Waals surface area contributed by atoms with Crippen molar-refractivity contribution in [1.82, 2.24) is 10.6 Å². The maximum Gasteiger partial charge on any atom is 0.273 e. The minimum absolute atomic E-state index is 0.131. The fourth-order valence-corrected chi connectivity index (χ4v) is 2.48. The average Bonchev–Trinajstić information content (AvgIpc) is 2.92. The zero-order valence-electron chi connectivity index (χ0n) is 13.2. The molecule has 0 spiro atoms. The van der Waals surface area contributed by atoms with E-state index in [2.05, 4.69) is 10.6 Å². The fourth-order valence-electron chi connectivity index (χ4n) is 2.27. The van der Waals surface area contributed by atoms with E-state index in [0.717, 1.165) is 5.56 Å². The number of hydrogen-bond acceptors (Lipinski definition) is 5. The summed E-state index contributed by atoms with van der Waals surface area (Å²) in [4.78, 5) is 22.3. The number of nitro groups is 1. The molecular formula is C17H12FN3O4S. The van der Waals surface area contributed by atoms with E-state index in [4.69, 9.17) is 17.0 Å². The van der Waals surface area contributed by atoms with Gasteiger partial charge in [0.2, 0.25) is 0 Å². The summed E-state index contributed by atoms with van der Waals surface area (Å²) >= 11 is 4.86. The Balaban J connectivity index is 1.90. The first kappa shape index (κ1) is 17.5. The molecule has 0 bridgehead atoms. The molecule has 1 saturated heterocycles. The number of benzene rings is 2. The van der Waals surface area contributed by atoms with Gasteiger partial charge in [0, 0.05) is 17.7 Å². The van der Waals surface area contributed by atoms with Gasteiger partial charge in [0.1, 0.15) is 23.9 Å². The summed E-state index contributed by atoms with van der Waals surface area (Å²) in [5.74, 6) is -0.463. The van der Waals surface area contributed by atoms with Gasteiger partial charge in [0.05, 0.1) is 4.92 Å². The maximum absolute atomic E-state index is 13.0. The summed E-state index contributed by atoms with van der Waals surface area (Å²) in [6.45, 7) is 0.131. The quantitative estimate of drug-likeness (QED) is 0.362. The summed E-state index contributed by atoms with van der Waals surface area (Å²) < 4.78 is 18.7. The number of carbonyl (C=O) groups is 1. The third-order valence-corrected chi connectivity index (χ3v) is 3.74. The number of hydrogen-bond donors (Lipinski definition) is 2. The highest BCUT2D eigenvalue weighted by molar-refractivity contribution is 7.80. The second kappa shape index (κ2) is 7.28. The third-order valence-electron chi connectivity index (χ3n) is 3.53. The molecule has 3 rings (SSSR count). The normalized spacial score (nSPS) is 14.9.